The third kappa shape index (κ3) is 3.52. The van der Waals surface area contributed by atoms with E-state index in [1.165, 1.54) is 6.07 Å². The van der Waals surface area contributed by atoms with E-state index in [9.17, 15) is 19.7 Å². The van der Waals surface area contributed by atoms with Crippen LogP contribution in [0.1, 0.15) is 35.4 Å². The van der Waals surface area contributed by atoms with Gasteiger partial charge in [-0.15, -0.1) is 0 Å². The fraction of sp³-hybridized carbons (Fsp3) is 0.294. The Labute approximate surface area is 143 Å². The number of aryl methyl sites for hydroxylation is 1. The van der Waals surface area contributed by atoms with Gasteiger partial charge in [-0.25, -0.2) is 0 Å². The monoisotopic (exact) mass is 343 g/mol. The number of rotatable bonds is 4. The molecule has 2 amide bonds. The summed E-state index contributed by atoms with van der Waals surface area (Å²) in [4.78, 5) is 36.0. The average Bonchev–Trinajstić information content (AvgIpc) is 3.08. The lowest BCUT2D eigenvalue weighted by Crippen LogP contribution is -2.35. The van der Waals surface area contributed by atoms with Crippen molar-refractivity contribution in [2.75, 3.05) is 16.8 Å². The zero-order valence-corrected chi connectivity index (χ0v) is 13.7. The fourth-order valence-corrected chi connectivity index (χ4v) is 2.78. The molecule has 8 heteroatoms. The van der Waals surface area contributed by atoms with Crippen molar-refractivity contribution in [3.63, 3.8) is 0 Å². The minimum absolute atomic E-state index is 0.0690. The summed E-state index contributed by atoms with van der Waals surface area (Å²) >= 11 is 0. The van der Waals surface area contributed by atoms with Crippen LogP contribution in [0, 0.1) is 17.0 Å². The number of hydrogen-bond acceptors (Lipinski definition) is 5. The van der Waals surface area contributed by atoms with E-state index < -0.39 is 16.7 Å². The van der Waals surface area contributed by atoms with Gasteiger partial charge in [0.2, 0.25) is 5.91 Å². The number of hydrogen-bond donors (Lipinski definition) is 1. The Bertz CT molecular complexity index is 843. The van der Waals surface area contributed by atoms with E-state index in [2.05, 4.69) is 5.32 Å². The molecule has 25 heavy (non-hydrogen) atoms. The highest BCUT2D eigenvalue weighted by Crippen LogP contribution is 2.28. The Morgan fingerprint density at radius 1 is 1.28 bits per heavy atom. The molecule has 0 aliphatic carbocycles. The average molecular weight is 343 g/mol. The highest BCUT2D eigenvalue weighted by atomic mass is 16.6. The summed E-state index contributed by atoms with van der Waals surface area (Å²) in [5.41, 5.74) is 2.18. The molecule has 130 valence electrons. The zero-order valence-electron chi connectivity index (χ0n) is 13.7. The van der Waals surface area contributed by atoms with Crippen LogP contribution < -0.4 is 10.2 Å². The first-order valence-corrected chi connectivity index (χ1v) is 7.92. The number of nitrogens with zero attached hydrogens (tertiary/aromatic N) is 2. The molecule has 0 atom stereocenters. The molecule has 2 heterocycles. The van der Waals surface area contributed by atoms with Gasteiger partial charge in [0.15, 0.2) is 5.76 Å². The Kier molecular flexibility index (Phi) is 4.51. The summed E-state index contributed by atoms with van der Waals surface area (Å²) < 4.78 is 4.89. The number of anilines is 2. The van der Waals surface area contributed by atoms with Crippen LogP contribution in [-0.4, -0.2) is 23.3 Å². The summed E-state index contributed by atoms with van der Waals surface area (Å²) in [6.07, 6.45) is 2.35. The summed E-state index contributed by atoms with van der Waals surface area (Å²) in [7, 11) is 0. The first-order chi connectivity index (χ1) is 12.0. The second kappa shape index (κ2) is 6.76. The lowest BCUT2D eigenvalue weighted by atomic mass is 10.1. The van der Waals surface area contributed by atoms with Crippen LogP contribution >= 0.6 is 0 Å². The Morgan fingerprint density at radius 3 is 2.76 bits per heavy atom. The van der Waals surface area contributed by atoms with E-state index in [0.717, 1.165) is 30.2 Å². The van der Waals surface area contributed by atoms with Crippen LogP contribution in [0.15, 0.2) is 34.7 Å². The van der Waals surface area contributed by atoms with Crippen molar-refractivity contribution >= 4 is 29.1 Å². The van der Waals surface area contributed by atoms with Gasteiger partial charge in [0.1, 0.15) is 4.92 Å². The van der Waals surface area contributed by atoms with Gasteiger partial charge in [0, 0.05) is 24.3 Å². The molecular formula is C17H17N3O5. The number of carbonyl (C=O) groups is 2. The molecule has 2 aromatic rings. The van der Waals surface area contributed by atoms with Gasteiger partial charge in [-0.05, 0) is 43.5 Å². The van der Waals surface area contributed by atoms with Crippen LogP contribution in [0.2, 0.25) is 0 Å². The molecule has 1 saturated heterocycles. The van der Waals surface area contributed by atoms with Gasteiger partial charge in [-0.2, -0.15) is 0 Å². The molecule has 0 radical (unpaired) electrons. The Hall–Kier alpha value is -3.16. The second-order valence-corrected chi connectivity index (χ2v) is 5.85. The first-order valence-electron chi connectivity index (χ1n) is 7.92. The van der Waals surface area contributed by atoms with E-state index in [4.69, 9.17) is 4.42 Å². The summed E-state index contributed by atoms with van der Waals surface area (Å²) in [6, 6.07) is 7.63. The van der Waals surface area contributed by atoms with E-state index >= 15 is 0 Å². The maximum absolute atomic E-state index is 12.2. The van der Waals surface area contributed by atoms with Crippen molar-refractivity contribution in [3.05, 3.63) is 51.8 Å². The number of nitrogens with one attached hydrogen (secondary N) is 1. The van der Waals surface area contributed by atoms with Crippen molar-refractivity contribution in [1.82, 2.24) is 0 Å². The summed E-state index contributed by atoms with van der Waals surface area (Å²) in [5, 5.41) is 13.3. The SMILES string of the molecule is Cc1ccc(NC(=O)c2ccc([N+](=O)[O-])o2)cc1N1CCCCC1=O. The molecule has 3 rings (SSSR count). The number of nitro groups is 1. The zero-order chi connectivity index (χ0) is 18.0. The molecule has 1 aliphatic rings. The molecule has 0 bridgehead atoms. The third-order valence-corrected chi connectivity index (χ3v) is 4.08. The topological polar surface area (TPSA) is 106 Å². The fourth-order valence-electron chi connectivity index (χ4n) is 2.78. The number of furan rings is 1. The van der Waals surface area contributed by atoms with Gasteiger partial charge in [-0.3, -0.25) is 19.7 Å². The van der Waals surface area contributed by atoms with Gasteiger partial charge < -0.3 is 14.6 Å². The van der Waals surface area contributed by atoms with Crippen LogP contribution in [0.5, 0.6) is 0 Å². The molecular weight excluding hydrogens is 326 g/mol. The molecule has 1 aliphatic heterocycles. The molecule has 1 N–H and O–H groups in total. The molecule has 0 unspecified atom stereocenters. The third-order valence-electron chi connectivity index (χ3n) is 4.08. The largest absolute Gasteiger partial charge is 0.433 e. The van der Waals surface area contributed by atoms with E-state index in [1.54, 1.807) is 17.0 Å². The number of carbonyl (C=O) groups excluding carboxylic acids is 2. The Morgan fingerprint density at radius 2 is 2.08 bits per heavy atom. The van der Waals surface area contributed by atoms with Gasteiger partial charge >= 0.3 is 5.88 Å². The molecule has 1 aromatic carbocycles. The number of amides is 2. The van der Waals surface area contributed by atoms with Gasteiger partial charge in [0.05, 0.1) is 6.07 Å². The predicted octanol–water partition coefficient (Wildman–Crippen LogP) is 3.27. The van der Waals surface area contributed by atoms with Crippen molar-refractivity contribution in [3.8, 4) is 0 Å². The lowest BCUT2D eigenvalue weighted by molar-refractivity contribution is -0.402. The highest BCUT2D eigenvalue weighted by Gasteiger charge is 2.22. The molecule has 1 aromatic heterocycles. The minimum atomic E-state index is -0.706. The molecule has 0 spiro atoms. The van der Waals surface area contributed by atoms with Crippen LogP contribution in [0.4, 0.5) is 17.3 Å². The van der Waals surface area contributed by atoms with Crippen molar-refractivity contribution < 1.29 is 18.9 Å². The van der Waals surface area contributed by atoms with E-state index in [0.29, 0.717) is 18.7 Å². The van der Waals surface area contributed by atoms with Gasteiger partial charge in [-0.1, -0.05) is 6.07 Å². The summed E-state index contributed by atoms with van der Waals surface area (Å²) in [6.45, 7) is 2.56. The first kappa shape index (κ1) is 16.7. The molecule has 8 nitrogen and oxygen atoms in total. The van der Waals surface area contributed by atoms with Crippen LogP contribution in [-0.2, 0) is 4.79 Å². The normalized spacial score (nSPS) is 14.4. The van der Waals surface area contributed by atoms with Gasteiger partial charge in [0.25, 0.3) is 5.91 Å². The maximum Gasteiger partial charge on any atom is 0.433 e. The summed E-state index contributed by atoms with van der Waals surface area (Å²) in [5.74, 6) is -1.16. The van der Waals surface area contributed by atoms with E-state index in [1.807, 2.05) is 13.0 Å². The van der Waals surface area contributed by atoms with Crippen LogP contribution in [0.3, 0.4) is 0 Å². The Balaban J connectivity index is 1.80. The number of piperidine rings is 1. The lowest BCUT2D eigenvalue weighted by Gasteiger charge is -2.28. The number of benzene rings is 1. The predicted molar refractivity (Wildman–Crippen MR) is 90.7 cm³/mol. The molecule has 1 fully saturated rings. The maximum atomic E-state index is 12.2. The van der Waals surface area contributed by atoms with Crippen molar-refractivity contribution in [2.45, 2.75) is 26.2 Å². The van der Waals surface area contributed by atoms with Crippen molar-refractivity contribution in [1.29, 1.82) is 0 Å². The van der Waals surface area contributed by atoms with Crippen molar-refractivity contribution in [2.24, 2.45) is 0 Å². The minimum Gasteiger partial charge on any atom is -0.395 e. The van der Waals surface area contributed by atoms with Crippen LogP contribution in [0.25, 0.3) is 0 Å². The second-order valence-electron chi connectivity index (χ2n) is 5.85. The van der Waals surface area contributed by atoms with E-state index in [-0.39, 0.29) is 11.7 Å². The standard InChI is InChI=1S/C17H17N3O5/c1-11-5-6-12(10-13(11)19-9-3-2-4-15(19)21)18-17(22)14-7-8-16(25-14)20(23)24/h5-8,10H,2-4,9H2,1H3,(H,18,22). The highest BCUT2D eigenvalue weighted by molar-refractivity contribution is 6.03. The smallest absolute Gasteiger partial charge is 0.395 e. The quantitative estimate of drug-likeness (QED) is 0.677. The molecule has 0 saturated carbocycles.